The van der Waals surface area contributed by atoms with Crippen molar-refractivity contribution in [1.29, 1.82) is 0 Å². The fourth-order valence-electron chi connectivity index (χ4n) is 3.30. The summed E-state index contributed by atoms with van der Waals surface area (Å²) in [5.74, 6) is 8.46. The van der Waals surface area contributed by atoms with Crippen molar-refractivity contribution in [2.45, 2.75) is 195 Å². The van der Waals surface area contributed by atoms with Gasteiger partial charge in [0.15, 0.2) is 0 Å². The Hall–Kier alpha value is -0.0800. The molecular formula is C41H90O2. The summed E-state index contributed by atoms with van der Waals surface area (Å²) >= 11 is 0. The summed E-state index contributed by atoms with van der Waals surface area (Å²) in [5, 5.41) is 17.9. The van der Waals surface area contributed by atoms with Crippen LogP contribution in [0.3, 0.4) is 0 Å². The molecule has 2 heteroatoms. The number of aliphatic hydroxyl groups is 2. The minimum atomic E-state index is -0.500. The number of hydrogen-bond donors (Lipinski definition) is 2. The Kier molecular flexibility index (Phi) is 31.3. The van der Waals surface area contributed by atoms with E-state index in [1.54, 1.807) is 0 Å². The van der Waals surface area contributed by atoms with Crippen molar-refractivity contribution in [3.63, 3.8) is 0 Å². The van der Waals surface area contributed by atoms with Crippen LogP contribution >= 0.6 is 0 Å². The Bertz CT molecular complexity index is 547. The molecule has 0 aromatic heterocycles. The second kappa shape index (κ2) is 27.1. The maximum atomic E-state index is 9.09. The lowest BCUT2D eigenvalue weighted by Crippen LogP contribution is -2.25. The zero-order chi connectivity index (χ0) is 35.1. The predicted molar refractivity (Wildman–Crippen MR) is 200 cm³/mol. The average Bonchev–Trinajstić information content (AvgIpc) is 3.50. The second-order valence-corrected chi connectivity index (χ2v) is 17.6. The van der Waals surface area contributed by atoms with Crippen molar-refractivity contribution >= 4 is 0 Å². The lowest BCUT2D eigenvalue weighted by molar-refractivity contribution is 0.0327. The van der Waals surface area contributed by atoms with Crippen LogP contribution in [0.1, 0.15) is 190 Å². The molecule has 1 unspecified atom stereocenters. The highest BCUT2D eigenvalue weighted by molar-refractivity contribution is 4.73. The van der Waals surface area contributed by atoms with Gasteiger partial charge in [-0.05, 0) is 84.9 Å². The lowest BCUT2D eigenvalue weighted by Gasteiger charge is -2.25. The van der Waals surface area contributed by atoms with E-state index in [4.69, 9.17) is 10.2 Å². The van der Waals surface area contributed by atoms with E-state index in [0.717, 1.165) is 47.3 Å². The molecule has 0 radical (unpaired) electrons. The molecule has 2 N–H and O–H groups in total. The largest absolute Gasteiger partial charge is 0.396 e. The standard InChI is InChI=1S/C8H16.C7H16O.C7H14.C7H16.C6H14O.C6H14/c1-7(2)8-5-3-4-6-8;1-6(2)7(3,4)5-8;1-6(2)5-7-3-4-7;1-5-7(4)6(2)3;1-5(2)6(3,4)7;1-5(2)6(3)4/h7-8H,3-6H2,1-2H3;6,8H,5H2,1-4H3;6-7H,3-5H2,1-2H3;6-7H,5H2,1-4H3;5,7H,1-4H3;5-6H,1-4H3. The van der Waals surface area contributed by atoms with Crippen LogP contribution in [-0.4, -0.2) is 22.4 Å². The van der Waals surface area contributed by atoms with E-state index in [1.165, 1.54) is 51.4 Å². The topological polar surface area (TPSA) is 40.5 Å². The fourth-order valence-corrected chi connectivity index (χ4v) is 3.30. The van der Waals surface area contributed by atoms with Gasteiger partial charge in [-0.3, -0.25) is 0 Å². The first-order valence-corrected chi connectivity index (χ1v) is 18.7. The second-order valence-electron chi connectivity index (χ2n) is 17.6. The van der Waals surface area contributed by atoms with Gasteiger partial charge in [0.2, 0.25) is 0 Å². The van der Waals surface area contributed by atoms with Crippen molar-refractivity contribution in [2.75, 3.05) is 6.61 Å². The van der Waals surface area contributed by atoms with Crippen molar-refractivity contribution in [1.82, 2.24) is 0 Å². The maximum Gasteiger partial charge on any atom is 0.0614 e. The molecule has 0 amide bonds. The summed E-state index contributed by atoms with van der Waals surface area (Å²) < 4.78 is 0. The van der Waals surface area contributed by atoms with Crippen LogP contribution in [0, 0.1) is 64.6 Å². The summed E-state index contributed by atoms with van der Waals surface area (Å²) in [6.07, 6.45) is 11.8. The molecule has 0 aromatic carbocycles. The molecule has 2 aliphatic carbocycles. The molecule has 0 spiro atoms. The fraction of sp³-hybridized carbons (Fsp3) is 1.00. The Balaban J connectivity index is -0.000000213. The Morgan fingerprint density at radius 1 is 0.605 bits per heavy atom. The van der Waals surface area contributed by atoms with E-state index < -0.39 is 5.60 Å². The molecule has 2 nitrogen and oxygen atoms in total. The van der Waals surface area contributed by atoms with E-state index >= 15 is 0 Å². The minimum Gasteiger partial charge on any atom is -0.396 e. The number of rotatable bonds is 9. The van der Waals surface area contributed by atoms with Gasteiger partial charge in [-0.25, -0.2) is 0 Å². The zero-order valence-corrected chi connectivity index (χ0v) is 34.0. The SMILES string of the molecule is CC(C)C(C)(C)CO.CC(C)C(C)(C)O.CC(C)C(C)C.CC(C)C1CCCC1.CC(C)CC1CC1.CCC(C)C(C)C. The molecule has 1 atom stereocenters. The molecule has 2 aliphatic rings. The molecular weight excluding hydrogens is 524 g/mol. The van der Waals surface area contributed by atoms with Crippen LogP contribution < -0.4 is 0 Å². The van der Waals surface area contributed by atoms with Crippen LogP contribution in [-0.2, 0) is 0 Å². The molecule has 0 saturated heterocycles. The summed E-state index contributed by atoms with van der Waals surface area (Å²) in [6, 6.07) is 0. The van der Waals surface area contributed by atoms with Crippen LogP contribution in [0.5, 0.6) is 0 Å². The Morgan fingerprint density at radius 2 is 0.977 bits per heavy atom. The van der Waals surface area contributed by atoms with Crippen LogP contribution in [0.2, 0.25) is 0 Å². The van der Waals surface area contributed by atoms with Gasteiger partial charge in [-0.1, -0.05) is 170 Å². The van der Waals surface area contributed by atoms with Gasteiger partial charge < -0.3 is 10.2 Å². The molecule has 43 heavy (non-hydrogen) atoms. The third-order valence-electron chi connectivity index (χ3n) is 10.3. The summed E-state index contributed by atoms with van der Waals surface area (Å²) in [7, 11) is 0. The molecule has 2 rings (SSSR count). The van der Waals surface area contributed by atoms with Crippen molar-refractivity contribution in [2.24, 2.45) is 64.6 Å². The molecule has 0 aliphatic heterocycles. The van der Waals surface area contributed by atoms with Gasteiger partial charge in [0.1, 0.15) is 0 Å². The molecule has 0 heterocycles. The highest BCUT2D eigenvalue weighted by atomic mass is 16.3. The van der Waals surface area contributed by atoms with Crippen LogP contribution in [0.25, 0.3) is 0 Å². The molecule has 2 fully saturated rings. The normalized spacial score (nSPS) is 16.1. The number of hydrogen-bond acceptors (Lipinski definition) is 2. The highest BCUT2D eigenvalue weighted by Crippen LogP contribution is 2.34. The van der Waals surface area contributed by atoms with Gasteiger partial charge >= 0.3 is 0 Å². The zero-order valence-electron chi connectivity index (χ0n) is 34.0. The van der Waals surface area contributed by atoms with E-state index in [0.29, 0.717) is 11.8 Å². The van der Waals surface area contributed by atoms with E-state index in [2.05, 4.69) is 111 Å². The van der Waals surface area contributed by atoms with Gasteiger partial charge in [-0.2, -0.15) is 0 Å². The van der Waals surface area contributed by atoms with E-state index in [9.17, 15) is 0 Å². The van der Waals surface area contributed by atoms with E-state index in [1.807, 2.05) is 27.7 Å². The first kappa shape index (κ1) is 49.8. The van der Waals surface area contributed by atoms with Crippen molar-refractivity contribution in [3.05, 3.63) is 0 Å². The van der Waals surface area contributed by atoms with Gasteiger partial charge in [-0.15, -0.1) is 0 Å². The predicted octanol–water partition coefficient (Wildman–Crippen LogP) is 13.3. The van der Waals surface area contributed by atoms with Gasteiger partial charge in [0.05, 0.1) is 5.60 Å². The monoisotopic (exact) mass is 615 g/mol. The Morgan fingerprint density at radius 3 is 1.05 bits per heavy atom. The molecule has 0 bridgehead atoms. The average molecular weight is 615 g/mol. The quantitative estimate of drug-likeness (QED) is 0.271. The number of aliphatic hydroxyl groups excluding tert-OH is 1. The van der Waals surface area contributed by atoms with Gasteiger partial charge in [0.25, 0.3) is 0 Å². The smallest absolute Gasteiger partial charge is 0.0614 e. The van der Waals surface area contributed by atoms with Crippen molar-refractivity contribution in [3.8, 4) is 0 Å². The lowest BCUT2D eigenvalue weighted by atomic mass is 9.82. The third kappa shape index (κ3) is 36.3. The first-order valence-electron chi connectivity index (χ1n) is 18.7. The van der Waals surface area contributed by atoms with Crippen molar-refractivity contribution < 1.29 is 10.2 Å². The highest BCUT2D eigenvalue weighted by Gasteiger charge is 2.22. The molecule has 266 valence electrons. The van der Waals surface area contributed by atoms with Gasteiger partial charge in [0, 0.05) is 6.61 Å². The Labute approximate surface area is 276 Å². The maximum absolute atomic E-state index is 9.09. The summed E-state index contributed by atoms with van der Waals surface area (Å²) in [4.78, 5) is 0. The van der Waals surface area contributed by atoms with Crippen LogP contribution in [0.4, 0.5) is 0 Å². The van der Waals surface area contributed by atoms with Crippen LogP contribution in [0.15, 0.2) is 0 Å². The third-order valence-corrected chi connectivity index (χ3v) is 10.3. The minimum absolute atomic E-state index is 0.0972. The van der Waals surface area contributed by atoms with E-state index in [-0.39, 0.29) is 12.0 Å². The first-order chi connectivity index (χ1) is 19.4. The molecule has 0 aromatic rings. The molecule has 2 saturated carbocycles. The summed E-state index contributed by atoms with van der Waals surface area (Å²) in [6.45, 7) is 43.6. The summed E-state index contributed by atoms with van der Waals surface area (Å²) in [5.41, 5.74) is -0.403.